The Hall–Kier alpha value is -3.26. The molecule has 0 saturated carbocycles. The van der Waals surface area contributed by atoms with Crippen LogP contribution in [0.5, 0.6) is 17.2 Å². The molecule has 30 heavy (non-hydrogen) atoms. The number of benzene rings is 2. The number of carbonyl (C=O) groups is 2. The zero-order chi connectivity index (χ0) is 21.5. The number of carbonyl (C=O) groups excluding carboxylic acids is 2. The molecule has 8 heteroatoms. The second kappa shape index (κ2) is 9.98. The van der Waals surface area contributed by atoms with Crippen LogP contribution in [0.2, 0.25) is 0 Å². The van der Waals surface area contributed by atoms with E-state index < -0.39 is 0 Å². The quantitative estimate of drug-likeness (QED) is 0.690. The van der Waals surface area contributed by atoms with E-state index in [0.29, 0.717) is 36.1 Å². The number of rotatable bonds is 8. The molecule has 8 nitrogen and oxygen atoms in total. The van der Waals surface area contributed by atoms with Crippen LogP contribution in [0.25, 0.3) is 0 Å². The summed E-state index contributed by atoms with van der Waals surface area (Å²) in [5.74, 6) is 1.75. The standard InChI is InChI=1S/C22H27N3O5/c1-15(16-4-9-19-20(12-16)30-11-10-29-19)23-21(26)13-25(2)14-22(27)24-17-5-7-18(28-3)8-6-17/h4-9,12,15H,10-11,13-14H2,1-3H3,(H,23,26)(H,24,27)/t15-/m0/s1. The number of amides is 2. The molecule has 160 valence electrons. The molecule has 0 saturated heterocycles. The molecule has 0 bridgehead atoms. The second-order valence-corrected chi connectivity index (χ2v) is 7.14. The number of nitrogens with zero attached hydrogens (tertiary/aromatic N) is 1. The van der Waals surface area contributed by atoms with Crippen LogP contribution in [0.1, 0.15) is 18.5 Å². The summed E-state index contributed by atoms with van der Waals surface area (Å²) >= 11 is 0. The van der Waals surface area contributed by atoms with E-state index in [4.69, 9.17) is 14.2 Å². The van der Waals surface area contributed by atoms with Gasteiger partial charge in [0.25, 0.3) is 0 Å². The van der Waals surface area contributed by atoms with Gasteiger partial charge in [-0.2, -0.15) is 0 Å². The normalized spacial score (nSPS) is 13.5. The molecule has 0 aromatic heterocycles. The Bertz CT molecular complexity index is 885. The fourth-order valence-corrected chi connectivity index (χ4v) is 3.12. The third-order valence-corrected chi connectivity index (χ3v) is 4.64. The van der Waals surface area contributed by atoms with E-state index in [9.17, 15) is 9.59 Å². The van der Waals surface area contributed by atoms with Gasteiger partial charge >= 0.3 is 0 Å². The van der Waals surface area contributed by atoms with Gasteiger partial charge in [0.1, 0.15) is 19.0 Å². The summed E-state index contributed by atoms with van der Waals surface area (Å²) < 4.78 is 16.2. The first kappa shape index (κ1) is 21.4. The van der Waals surface area contributed by atoms with Gasteiger partial charge in [-0.3, -0.25) is 14.5 Å². The molecule has 2 aromatic rings. The van der Waals surface area contributed by atoms with Crippen LogP contribution in [0.3, 0.4) is 0 Å². The number of fused-ring (bicyclic) bond motifs is 1. The zero-order valence-corrected chi connectivity index (χ0v) is 17.4. The minimum atomic E-state index is -0.199. The number of methoxy groups -OCH3 is 1. The molecule has 0 unspecified atom stereocenters. The molecule has 0 spiro atoms. The van der Waals surface area contributed by atoms with Gasteiger partial charge in [-0.25, -0.2) is 0 Å². The van der Waals surface area contributed by atoms with E-state index >= 15 is 0 Å². The van der Waals surface area contributed by atoms with Gasteiger partial charge < -0.3 is 24.8 Å². The van der Waals surface area contributed by atoms with Crippen molar-refractivity contribution in [2.24, 2.45) is 0 Å². The van der Waals surface area contributed by atoms with Crippen LogP contribution in [0.4, 0.5) is 5.69 Å². The molecular formula is C22H27N3O5. The summed E-state index contributed by atoms with van der Waals surface area (Å²) in [6.07, 6.45) is 0. The van der Waals surface area contributed by atoms with Gasteiger partial charge in [0.15, 0.2) is 11.5 Å². The lowest BCUT2D eigenvalue weighted by Crippen LogP contribution is -2.39. The van der Waals surface area contributed by atoms with Crippen molar-refractivity contribution in [3.05, 3.63) is 48.0 Å². The van der Waals surface area contributed by atoms with E-state index in [2.05, 4.69) is 10.6 Å². The number of nitrogens with one attached hydrogen (secondary N) is 2. The van der Waals surface area contributed by atoms with Crippen LogP contribution in [-0.2, 0) is 9.59 Å². The van der Waals surface area contributed by atoms with Crippen molar-refractivity contribution in [3.8, 4) is 17.2 Å². The highest BCUT2D eigenvalue weighted by Gasteiger charge is 2.17. The molecule has 1 aliphatic rings. The van der Waals surface area contributed by atoms with Gasteiger partial charge in [-0.05, 0) is 55.9 Å². The number of anilines is 1. The lowest BCUT2D eigenvalue weighted by atomic mass is 10.1. The van der Waals surface area contributed by atoms with Crippen molar-refractivity contribution < 1.29 is 23.8 Å². The van der Waals surface area contributed by atoms with Crippen molar-refractivity contribution in [2.75, 3.05) is 45.8 Å². The molecule has 1 aliphatic heterocycles. The first-order chi connectivity index (χ1) is 14.4. The highest BCUT2D eigenvalue weighted by Crippen LogP contribution is 2.32. The van der Waals surface area contributed by atoms with Crippen LogP contribution in [0.15, 0.2) is 42.5 Å². The van der Waals surface area contributed by atoms with E-state index in [1.165, 1.54) is 0 Å². The molecule has 2 N–H and O–H groups in total. The molecule has 0 aliphatic carbocycles. The molecule has 1 heterocycles. The monoisotopic (exact) mass is 413 g/mol. The Kier molecular flexibility index (Phi) is 7.13. The molecule has 3 rings (SSSR count). The van der Waals surface area contributed by atoms with Crippen molar-refractivity contribution in [1.82, 2.24) is 10.2 Å². The predicted octanol–water partition coefficient (Wildman–Crippen LogP) is 2.21. The molecule has 0 radical (unpaired) electrons. The Morgan fingerprint density at radius 2 is 1.70 bits per heavy atom. The first-order valence-electron chi connectivity index (χ1n) is 9.76. The first-order valence-corrected chi connectivity index (χ1v) is 9.76. The highest BCUT2D eigenvalue weighted by molar-refractivity contribution is 5.92. The average Bonchev–Trinajstić information content (AvgIpc) is 2.73. The summed E-state index contributed by atoms with van der Waals surface area (Å²) in [5, 5.41) is 5.75. The smallest absolute Gasteiger partial charge is 0.238 e. The van der Waals surface area contributed by atoms with E-state index in [1.807, 2.05) is 25.1 Å². The molecule has 2 amide bonds. The van der Waals surface area contributed by atoms with Crippen LogP contribution in [-0.4, -0.2) is 57.2 Å². The van der Waals surface area contributed by atoms with E-state index in [1.54, 1.807) is 43.3 Å². The third kappa shape index (κ3) is 5.87. The predicted molar refractivity (Wildman–Crippen MR) is 113 cm³/mol. The molecular weight excluding hydrogens is 386 g/mol. The van der Waals surface area contributed by atoms with Crippen LogP contribution >= 0.6 is 0 Å². The summed E-state index contributed by atoms with van der Waals surface area (Å²) in [5.41, 5.74) is 1.60. The van der Waals surface area contributed by atoms with Crippen molar-refractivity contribution in [2.45, 2.75) is 13.0 Å². The van der Waals surface area contributed by atoms with Crippen molar-refractivity contribution >= 4 is 17.5 Å². The minimum Gasteiger partial charge on any atom is -0.497 e. The van der Waals surface area contributed by atoms with Gasteiger partial charge in [-0.15, -0.1) is 0 Å². The third-order valence-electron chi connectivity index (χ3n) is 4.64. The summed E-state index contributed by atoms with van der Waals surface area (Å²) in [6, 6.07) is 12.5. The number of hydrogen-bond acceptors (Lipinski definition) is 6. The second-order valence-electron chi connectivity index (χ2n) is 7.14. The summed E-state index contributed by atoms with van der Waals surface area (Å²) in [4.78, 5) is 26.2. The van der Waals surface area contributed by atoms with Crippen LogP contribution < -0.4 is 24.8 Å². The molecule has 1 atom stereocenters. The largest absolute Gasteiger partial charge is 0.497 e. The topological polar surface area (TPSA) is 89.1 Å². The Balaban J connectivity index is 1.45. The Morgan fingerprint density at radius 1 is 1.03 bits per heavy atom. The van der Waals surface area contributed by atoms with E-state index in [0.717, 1.165) is 5.56 Å². The van der Waals surface area contributed by atoms with Crippen LogP contribution in [0, 0.1) is 0 Å². The Morgan fingerprint density at radius 3 is 2.40 bits per heavy atom. The van der Waals surface area contributed by atoms with Gasteiger partial charge in [0, 0.05) is 5.69 Å². The lowest BCUT2D eigenvalue weighted by molar-refractivity contribution is -0.123. The number of hydrogen-bond donors (Lipinski definition) is 2. The summed E-state index contributed by atoms with van der Waals surface area (Å²) in [7, 11) is 3.31. The van der Waals surface area contributed by atoms with Gasteiger partial charge in [0.05, 0.1) is 26.2 Å². The minimum absolute atomic E-state index is 0.0951. The lowest BCUT2D eigenvalue weighted by Gasteiger charge is -2.22. The Labute approximate surface area is 176 Å². The number of likely N-dealkylation sites (N-methyl/N-ethyl adjacent to an activating group) is 1. The molecule has 0 fully saturated rings. The van der Waals surface area contributed by atoms with Gasteiger partial charge in [-0.1, -0.05) is 6.07 Å². The maximum Gasteiger partial charge on any atom is 0.238 e. The maximum atomic E-state index is 12.4. The number of ether oxygens (including phenoxy) is 3. The highest BCUT2D eigenvalue weighted by atomic mass is 16.6. The fraction of sp³-hybridized carbons (Fsp3) is 0.364. The summed E-state index contributed by atoms with van der Waals surface area (Å²) in [6.45, 7) is 3.15. The zero-order valence-electron chi connectivity index (χ0n) is 17.4. The average molecular weight is 413 g/mol. The fourth-order valence-electron chi connectivity index (χ4n) is 3.12. The van der Waals surface area contributed by atoms with Gasteiger partial charge in [0.2, 0.25) is 11.8 Å². The van der Waals surface area contributed by atoms with Crippen molar-refractivity contribution in [3.63, 3.8) is 0 Å². The van der Waals surface area contributed by atoms with Crippen molar-refractivity contribution in [1.29, 1.82) is 0 Å². The SMILES string of the molecule is COc1ccc(NC(=O)CN(C)CC(=O)N[C@@H](C)c2ccc3c(c2)OCCO3)cc1. The maximum absolute atomic E-state index is 12.4. The van der Waals surface area contributed by atoms with E-state index in [-0.39, 0.29) is 30.9 Å². The molecule has 2 aromatic carbocycles.